The molecule has 1 aliphatic carbocycles. The number of hydrogen-bond acceptors (Lipinski definition) is 2. The van der Waals surface area contributed by atoms with Crippen molar-refractivity contribution in [2.75, 3.05) is 0 Å². The van der Waals surface area contributed by atoms with Crippen LogP contribution in [0.3, 0.4) is 0 Å². The summed E-state index contributed by atoms with van der Waals surface area (Å²) in [7, 11) is -4.04. The summed E-state index contributed by atoms with van der Waals surface area (Å²) in [6.45, 7) is 4.02. The van der Waals surface area contributed by atoms with Gasteiger partial charge in [-0.25, -0.2) is 0 Å². The van der Waals surface area contributed by atoms with Gasteiger partial charge in [-0.1, -0.05) is 20.3 Å². The van der Waals surface area contributed by atoms with Crippen molar-refractivity contribution in [1.29, 1.82) is 0 Å². The molecule has 0 aliphatic heterocycles. The first-order valence-corrected chi connectivity index (χ1v) is 6.09. The topological polar surface area (TPSA) is 66.4 Å². The maximum atomic E-state index is 10.6. The van der Waals surface area contributed by atoms with Crippen LogP contribution in [0.4, 0.5) is 0 Å². The summed E-state index contributed by atoms with van der Waals surface area (Å²) in [4.78, 5) is 0. The first-order valence-electron chi connectivity index (χ1n) is 4.65. The van der Waals surface area contributed by atoms with E-state index in [1.165, 1.54) is 0 Å². The monoisotopic (exact) mass is 207 g/mol. The fourth-order valence-corrected chi connectivity index (χ4v) is 2.89. The molecule has 0 aromatic carbocycles. The van der Waals surface area contributed by atoms with Crippen molar-refractivity contribution >= 4 is 10.3 Å². The van der Waals surface area contributed by atoms with Gasteiger partial charge in [0.05, 0.1) is 0 Å². The lowest BCUT2D eigenvalue weighted by atomic mass is 9.79. The summed E-state index contributed by atoms with van der Waals surface area (Å²) in [5.74, 6) is 0.622. The third kappa shape index (κ3) is 3.25. The van der Waals surface area contributed by atoms with E-state index in [1.54, 1.807) is 0 Å². The van der Waals surface area contributed by atoms with Crippen LogP contribution in [0.15, 0.2) is 0 Å². The molecule has 5 heteroatoms. The Bertz CT molecular complexity index is 253. The summed E-state index contributed by atoms with van der Waals surface area (Å²) in [6, 6.07) is -0.108. The van der Waals surface area contributed by atoms with E-state index >= 15 is 0 Å². The molecule has 0 amide bonds. The standard InChI is InChI=1S/C8H17NO3S/c1-6-4-3-5-7(2)8(6)9-13(10,11)12/h6-9H,3-5H2,1-2H3,(H,10,11,12)/t6-,7+,8?. The van der Waals surface area contributed by atoms with Gasteiger partial charge >= 0.3 is 10.3 Å². The summed E-state index contributed by atoms with van der Waals surface area (Å²) in [5, 5.41) is 0. The predicted molar refractivity (Wildman–Crippen MR) is 50.7 cm³/mol. The van der Waals surface area contributed by atoms with E-state index in [1.807, 2.05) is 13.8 Å². The normalized spacial score (nSPS) is 36.1. The van der Waals surface area contributed by atoms with E-state index < -0.39 is 10.3 Å². The molecule has 0 bridgehead atoms. The van der Waals surface area contributed by atoms with Crippen molar-refractivity contribution in [3.63, 3.8) is 0 Å². The molecule has 4 nitrogen and oxygen atoms in total. The fourth-order valence-electron chi connectivity index (χ4n) is 2.09. The Balaban J connectivity index is 2.64. The van der Waals surface area contributed by atoms with Gasteiger partial charge in [0.15, 0.2) is 0 Å². The van der Waals surface area contributed by atoms with Gasteiger partial charge < -0.3 is 0 Å². The van der Waals surface area contributed by atoms with Gasteiger partial charge in [-0.2, -0.15) is 13.1 Å². The van der Waals surface area contributed by atoms with E-state index in [2.05, 4.69) is 4.72 Å². The minimum atomic E-state index is -4.04. The van der Waals surface area contributed by atoms with Gasteiger partial charge in [-0.05, 0) is 24.7 Å². The highest BCUT2D eigenvalue weighted by Crippen LogP contribution is 2.28. The molecule has 0 heterocycles. The van der Waals surface area contributed by atoms with Crippen LogP contribution in [0.1, 0.15) is 33.1 Å². The Morgan fingerprint density at radius 2 is 1.69 bits per heavy atom. The van der Waals surface area contributed by atoms with Gasteiger partial charge in [0.2, 0.25) is 0 Å². The molecule has 0 spiro atoms. The second kappa shape index (κ2) is 3.94. The van der Waals surface area contributed by atoms with E-state index in [4.69, 9.17) is 4.55 Å². The van der Waals surface area contributed by atoms with Crippen molar-refractivity contribution < 1.29 is 13.0 Å². The van der Waals surface area contributed by atoms with Crippen molar-refractivity contribution in [3.8, 4) is 0 Å². The maximum absolute atomic E-state index is 10.6. The smallest absolute Gasteiger partial charge is 0.273 e. The Hall–Kier alpha value is -0.130. The zero-order chi connectivity index (χ0) is 10.1. The average molecular weight is 207 g/mol. The van der Waals surface area contributed by atoms with Gasteiger partial charge in [0.25, 0.3) is 0 Å². The largest absolute Gasteiger partial charge is 0.333 e. The number of nitrogens with one attached hydrogen (secondary N) is 1. The first kappa shape index (κ1) is 10.9. The highest BCUT2D eigenvalue weighted by atomic mass is 32.2. The summed E-state index contributed by atoms with van der Waals surface area (Å²) in [5.41, 5.74) is 0. The Morgan fingerprint density at radius 1 is 1.23 bits per heavy atom. The first-order chi connectivity index (χ1) is 5.90. The molecule has 1 unspecified atom stereocenters. The molecule has 78 valence electrons. The van der Waals surface area contributed by atoms with Crippen LogP contribution in [-0.4, -0.2) is 19.0 Å². The van der Waals surface area contributed by atoms with E-state index in [0.29, 0.717) is 11.8 Å². The van der Waals surface area contributed by atoms with Crippen LogP contribution in [0, 0.1) is 11.8 Å². The SMILES string of the molecule is C[C@@H]1CCC[C@H](C)C1NS(=O)(=O)O. The fraction of sp³-hybridized carbons (Fsp3) is 1.00. The summed E-state index contributed by atoms with van der Waals surface area (Å²) in [6.07, 6.45) is 3.20. The lowest BCUT2D eigenvalue weighted by molar-refractivity contribution is 0.229. The molecule has 1 rings (SSSR count). The molecule has 0 saturated heterocycles. The zero-order valence-electron chi connectivity index (χ0n) is 8.03. The lowest BCUT2D eigenvalue weighted by Gasteiger charge is -2.33. The van der Waals surface area contributed by atoms with E-state index in [9.17, 15) is 8.42 Å². The van der Waals surface area contributed by atoms with E-state index in [0.717, 1.165) is 19.3 Å². The quantitative estimate of drug-likeness (QED) is 0.669. The number of rotatable bonds is 2. The average Bonchev–Trinajstić information content (AvgIpc) is 1.95. The van der Waals surface area contributed by atoms with Crippen molar-refractivity contribution in [2.24, 2.45) is 11.8 Å². The van der Waals surface area contributed by atoms with Crippen LogP contribution in [0.2, 0.25) is 0 Å². The molecular weight excluding hydrogens is 190 g/mol. The minimum Gasteiger partial charge on any atom is -0.273 e. The minimum absolute atomic E-state index is 0.108. The van der Waals surface area contributed by atoms with Gasteiger partial charge in [-0.3, -0.25) is 4.55 Å². The predicted octanol–water partition coefficient (Wildman–Crippen LogP) is 1.20. The molecular formula is C8H17NO3S. The highest BCUT2D eigenvalue weighted by Gasteiger charge is 2.30. The summed E-state index contributed by atoms with van der Waals surface area (Å²) < 4.78 is 32.2. The van der Waals surface area contributed by atoms with Gasteiger partial charge in [0, 0.05) is 6.04 Å². The summed E-state index contributed by atoms with van der Waals surface area (Å²) >= 11 is 0. The molecule has 13 heavy (non-hydrogen) atoms. The third-order valence-electron chi connectivity index (χ3n) is 2.83. The lowest BCUT2D eigenvalue weighted by Crippen LogP contribution is -2.45. The van der Waals surface area contributed by atoms with Crippen LogP contribution < -0.4 is 4.72 Å². The molecule has 1 fully saturated rings. The third-order valence-corrected chi connectivity index (χ3v) is 3.40. The second-order valence-electron chi connectivity index (χ2n) is 4.00. The maximum Gasteiger partial charge on any atom is 0.333 e. The van der Waals surface area contributed by atoms with Crippen LogP contribution in [-0.2, 0) is 10.3 Å². The molecule has 2 N–H and O–H groups in total. The van der Waals surface area contributed by atoms with Crippen molar-refractivity contribution in [1.82, 2.24) is 4.72 Å². The number of hydrogen-bond donors (Lipinski definition) is 2. The molecule has 1 aliphatic rings. The van der Waals surface area contributed by atoms with Crippen LogP contribution in [0.25, 0.3) is 0 Å². The van der Waals surface area contributed by atoms with Crippen LogP contribution in [0.5, 0.6) is 0 Å². The molecule has 0 aromatic rings. The zero-order valence-corrected chi connectivity index (χ0v) is 8.84. The van der Waals surface area contributed by atoms with Gasteiger partial charge in [0.1, 0.15) is 0 Å². The molecule has 1 saturated carbocycles. The Kier molecular flexibility index (Phi) is 3.32. The van der Waals surface area contributed by atoms with Crippen molar-refractivity contribution in [2.45, 2.75) is 39.2 Å². The highest BCUT2D eigenvalue weighted by molar-refractivity contribution is 7.83. The Labute approximate surface area is 79.6 Å². The van der Waals surface area contributed by atoms with Gasteiger partial charge in [-0.15, -0.1) is 0 Å². The Morgan fingerprint density at radius 3 is 2.08 bits per heavy atom. The van der Waals surface area contributed by atoms with E-state index in [-0.39, 0.29) is 6.04 Å². The van der Waals surface area contributed by atoms with Crippen LogP contribution >= 0.6 is 0 Å². The molecule has 0 aromatic heterocycles. The molecule has 0 radical (unpaired) electrons. The molecule has 3 atom stereocenters. The van der Waals surface area contributed by atoms with Crippen molar-refractivity contribution in [3.05, 3.63) is 0 Å². The second-order valence-corrected chi connectivity index (χ2v) is 5.19.